The highest BCUT2D eigenvalue weighted by atomic mass is 16.7. The van der Waals surface area contributed by atoms with E-state index in [4.69, 9.17) is 13.9 Å². The fourth-order valence-corrected chi connectivity index (χ4v) is 2.11. The van der Waals surface area contributed by atoms with Gasteiger partial charge in [-0.1, -0.05) is 5.21 Å². The molecule has 26 heavy (non-hydrogen) atoms. The largest absolute Gasteiger partial charge is 0.459 e. The summed E-state index contributed by atoms with van der Waals surface area (Å²) in [6.07, 6.45) is 2.49. The van der Waals surface area contributed by atoms with E-state index in [-0.39, 0.29) is 36.4 Å². The number of aromatic nitrogens is 3. The summed E-state index contributed by atoms with van der Waals surface area (Å²) in [6.45, 7) is 5.61. The lowest BCUT2D eigenvalue weighted by Gasteiger charge is -2.16. The van der Waals surface area contributed by atoms with E-state index in [2.05, 4.69) is 20.9 Å². The van der Waals surface area contributed by atoms with Crippen LogP contribution in [0.5, 0.6) is 0 Å². The van der Waals surface area contributed by atoms with E-state index in [1.54, 1.807) is 12.1 Å². The molecule has 0 radical (unpaired) electrons. The maximum atomic E-state index is 12.0. The number of hydrogen-bond donors (Lipinski definition) is 2. The monoisotopic (exact) mass is 365 g/mol. The quantitative estimate of drug-likeness (QED) is 0.437. The topological polar surface area (TPSA) is 121 Å². The van der Waals surface area contributed by atoms with E-state index in [0.717, 1.165) is 0 Å². The van der Waals surface area contributed by atoms with Gasteiger partial charge in [0.1, 0.15) is 0 Å². The normalized spacial score (nSPS) is 10.9. The van der Waals surface area contributed by atoms with E-state index >= 15 is 0 Å². The number of hydrogen-bond acceptors (Lipinski definition) is 7. The van der Waals surface area contributed by atoms with Crippen LogP contribution in [-0.4, -0.2) is 59.4 Å². The molecule has 2 aromatic rings. The van der Waals surface area contributed by atoms with Gasteiger partial charge in [-0.15, -0.1) is 5.10 Å². The molecule has 10 nitrogen and oxygen atoms in total. The maximum absolute atomic E-state index is 12.0. The van der Waals surface area contributed by atoms with Crippen molar-refractivity contribution >= 4 is 11.8 Å². The molecule has 0 saturated carbocycles. The Kier molecular flexibility index (Phi) is 7.77. The van der Waals surface area contributed by atoms with Crippen LogP contribution < -0.4 is 10.6 Å². The molecule has 2 N–H and O–H groups in total. The van der Waals surface area contributed by atoms with Crippen LogP contribution in [0.1, 0.15) is 34.9 Å². The van der Waals surface area contributed by atoms with Crippen LogP contribution in [0.2, 0.25) is 0 Å². The van der Waals surface area contributed by atoms with Crippen molar-refractivity contribution in [3.8, 4) is 0 Å². The Bertz CT molecular complexity index is 679. The van der Waals surface area contributed by atoms with E-state index in [1.807, 2.05) is 13.8 Å². The minimum atomic E-state index is -0.445. The van der Waals surface area contributed by atoms with Crippen LogP contribution in [0, 0.1) is 0 Å². The lowest BCUT2D eigenvalue weighted by atomic mass is 10.4. The average molecular weight is 365 g/mol. The number of rotatable bonds is 11. The Morgan fingerprint density at radius 2 is 1.88 bits per heavy atom. The Morgan fingerprint density at radius 1 is 1.19 bits per heavy atom. The van der Waals surface area contributed by atoms with Crippen molar-refractivity contribution in [2.75, 3.05) is 26.3 Å². The summed E-state index contributed by atoms with van der Waals surface area (Å²) >= 11 is 0. The van der Waals surface area contributed by atoms with Crippen molar-refractivity contribution in [1.82, 2.24) is 25.6 Å². The van der Waals surface area contributed by atoms with Crippen LogP contribution >= 0.6 is 0 Å². The van der Waals surface area contributed by atoms with Gasteiger partial charge in [-0.2, -0.15) is 0 Å². The summed E-state index contributed by atoms with van der Waals surface area (Å²) in [5, 5.41) is 13.0. The zero-order valence-corrected chi connectivity index (χ0v) is 14.8. The molecule has 0 aliphatic carbocycles. The number of nitrogens with zero attached hydrogens (tertiary/aromatic N) is 3. The summed E-state index contributed by atoms with van der Waals surface area (Å²) in [6, 6.07) is 3.19. The highest BCUT2D eigenvalue weighted by molar-refractivity contribution is 5.92. The first-order valence-electron chi connectivity index (χ1n) is 8.37. The Morgan fingerprint density at radius 3 is 2.50 bits per heavy atom. The molecule has 10 heteroatoms. The number of furan rings is 1. The van der Waals surface area contributed by atoms with Gasteiger partial charge in [-0.05, 0) is 26.0 Å². The first-order valence-corrected chi connectivity index (χ1v) is 8.37. The second-order valence-corrected chi connectivity index (χ2v) is 5.16. The fraction of sp³-hybridized carbons (Fsp3) is 0.500. The molecule has 0 aliphatic rings. The molecule has 2 rings (SSSR count). The zero-order chi connectivity index (χ0) is 18.8. The Hall–Kier alpha value is -2.72. The summed E-state index contributed by atoms with van der Waals surface area (Å²) in [5.74, 6) is -0.502. The number of carbonyl (C=O) groups is 2. The van der Waals surface area contributed by atoms with Gasteiger partial charge >= 0.3 is 0 Å². The molecule has 0 bridgehead atoms. The molecule has 0 atom stereocenters. The fourth-order valence-electron chi connectivity index (χ4n) is 2.11. The first kappa shape index (κ1) is 19.6. The van der Waals surface area contributed by atoms with Crippen molar-refractivity contribution in [3.05, 3.63) is 36.0 Å². The van der Waals surface area contributed by atoms with E-state index < -0.39 is 6.29 Å². The van der Waals surface area contributed by atoms with Crippen LogP contribution in [-0.2, 0) is 16.0 Å². The van der Waals surface area contributed by atoms with Crippen molar-refractivity contribution in [2.45, 2.75) is 26.7 Å². The van der Waals surface area contributed by atoms with Gasteiger partial charge in [-0.25, -0.2) is 4.68 Å². The van der Waals surface area contributed by atoms with Crippen LogP contribution in [0.4, 0.5) is 0 Å². The van der Waals surface area contributed by atoms with E-state index in [0.29, 0.717) is 19.8 Å². The lowest BCUT2D eigenvalue weighted by molar-refractivity contribution is -0.145. The molecular formula is C16H23N5O5. The van der Waals surface area contributed by atoms with Crippen LogP contribution in [0.3, 0.4) is 0 Å². The standard InChI is InChI=1S/C16H23N5O5/c1-3-24-14(25-4-2)11-21-10-12(19-20-21)15(22)17-7-8-18-16(23)13-6-5-9-26-13/h5-6,9-10,14H,3-4,7-8,11H2,1-2H3,(H,17,22)(H,18,23). The molecule has 2 heterocycles. The molecule has 0 unspecified atom stereocenters. The van der Waals surface area contributed by atoms with E-state index in [1.165, 1.54) is 17.1 Å². The third-order valence-electron chi connectivity index (χ3n) is 3.25. The molecule has 142 valence electrons. The smallest absolute Gasteiger partial charge is 0.287 e. The second kappa shape index (κ2) is 10.3. The van der Waals surface area contributed by atoms with Crippen LogP contribution in [0.15, 0.2) is 29.0 Å². The van der Waals surface area contributed by atoms with Gasteiger partial charge in [0.25, 0.3) is 11.8 Å². The highest BCUT2D eigenvalue weighted by Crippen LogP contribution is 2.01. The van der Waals surface area contributed by atoms with Gasteiger partial charge in [0.2, 0.25) is 0 Å². The number of ether oxygens (including phenoxy) is 2. The van der Waals surface area contributed by atoms with Gasteiger partial charge < -0.3 is 24.5 Å². The summed E-state index contributed by atoms with van der Waals surface area (Å²) in [5.41, 5.74) is 0.175. The van der Waals surface area contributed by atoms with Gasteiger partial charge in [0, 0.05) is 26.3 Å². The molecule has 0 saturated heterocycles. The minimum Gasteiger partial charge on any atom is -0.459 e. The van der Waals surface area contributed by atoms with E-state index in [9.17, 15) is 9.59 Å². The second-order valence-electron chi connectivity index (χ2n) is 5.16. The molecular weight excluding hydrogens is 342 g/mol. The van der Waals surface area contributed by atoms with Crippen molar-refractivity contribution in [1.29, 1.82) is 0 Å². The zero-order valence-electron chi connectivity index (χ0n) is 14.8. The molecule has 0 aromatic carbocycles. The SMILES string of the molecule is CCOC(Cn1cc(C(=O)NCCNC(=O)c2ccco2)nn1)OCC. The molecule has 0 fully saturated rings. The number of carbonyl (C=O) groups excluding carboxylic acids is 2. The molecule has 0 aliphatic heterocycles. The highest BCUT2D eigenvalue weighted by Gasteiger charge is 2.14. The average Bonchev–Trinajstić information content (AvgIpc) is 3.30. The Balaban J connectivity index is 1.74. The summed E-state index contributed by atoms with van der Waals surface area (Å²) < 4.78 is 17.3. The summed E-state index contributed by atoms with van der Waals surface area (Å²) in [7, 11) is 0. The third-order valence-corrected chi connectivity index (χ3v) is 3.25. The van der Waals surface area contributed by atoms with Gasteiger partial charge in [0.05, 0.1) is 19.0 Å². The third kappa shape index (κ3) is 5.97. The minimum absolute atomic E-state index is 0.175. The summed E-state index contributed by atoms with van der Waals surface area (Å²) in [4.78, 5) is 23.7. The van der Waals surface area contributed by atoms with Crippen LogP contribution in [0.25, 0.3) is 0 Å². The lowest BCUT2D eigenvalue weighted by Crippen LogP contribution is -2.34. The first-order chi connectivity index (χ1) is 12.6. The molecule has 2 aromatic heterocycles. The molecule has 2 amide bonds. The van der Waals surface area contributed by atoms with Crippen molar-refractivity contribution in [3.63, 3.8) is 0 Å². The van der Waals surface area contributed by atoms with Crippen molar-refractivity contribution in [2.24, 2.45) is 0 Å². The predicted molar refractivity (Wildman–Crippen MR) is 90.4 cm³/mol. The maximum Gasteiger partial charge on any atom is 0.287 e. The number of amides is 2. The Labute approximate surface area is 150 Å². The predicted octanol–water partition coefficient (Wildman–Crippen LogP) is 0.430. The van der Waals surface area contributed by atoms with Gasteiger partial charge in [-0.3, -0.25) is 9.59 Å². The van der Waals surface area contributed by atoms with Crippen molar-refractivity contribution < 1.29 is 23.5 Å². The molecule has 0 spiro atoms. The number of nitrogens with one attached hydrogen (secondary N) is 2. The van der Waals surface area contributed by atoms with Gasteiger partial charge in [0.15, 0.2) is 17.7 Å².